The smallest absolute Gasteiger partial charge is 0.0541 e. The fourth-order valence-corrected chi connectivity index (χ4v) is 24.1. The van der Waals surface area contributed by atoms with Gasteiger partial charge in [0.2, 0.25) is 0 Å². The number of hydrogen-bond acceptors (Lipinski definition) is 0. The Kier molecular flexibility index (Phi) is 20.3. The zero-order chi connectivity index (χ0) is 97.4. The van der Waals surface area contributed by atoms with Crippen LogP contribution < -0.4 is 0 Å². The zero-order valence-electron chi connectivity index (χ0n) is 80.9. The van der Waals surface area contributed by atoms with E-state index in [2.05, 4.69) is 576 Å². The van der Waals surface area contributed by atoms with Gasteiger partial charge in [0.25, 0.3) is 0 Å². The molecule has 0 atom stereocenters. The molecular weight excluding hydrogens is 1790 g/mol. The maximum atomic E-state index is 2.44. The van der Waals surface area contributed by atoms with Crippen molar-refractivity contribution in [2.75, 3.05) is 0 Å². The highest BCUT2D eigenvalue weighted by atomic mass is 15.0. The Hall–Kier alpha value is -19.5. The summed E-state index contributed by atoms with van der Waals surface area (Å²) in [6.07, 6.45) is 0. The molecule has 0 spiro atoms. The molecule has 148 heavy (non-hydrogen) atoms. The summed E-state index contributed by atoms with van der Waals surface area (Å²) in [5.74, 6) is 0. The van der Waals surface area contributed by atoms with Crippen LogP contribution in [0.15, 0.2) is 558 Å². The summed E-state index contributed by atoms with van der Waals surface area (Å²) in [4.78, 5) is 0. The van der Waals surface area contributed by atoms with Crippen LogP contribution in [0.4, 0.5) is 0 Å². The van der Waals surface area contributed by atoms with Gasteiger partial charge in [-0.15, -0.1) is 0 Å². The summed E-state index contributed by atoms with van der Waals surface area (Å²) in [6.45, 7) is 0. The van der Waals surface area contributed by atoms with Gasteiger partial charge in [0.05, 0.1) is 44.1 Å². The second-order valence-corrected chi connectivity index (χ2v) is 39.2. The van der Waals surface area contributed by atoms with Gasteiger partial charge in [-0.2, -0.15) is 0 Å². The van der Waals surface area contributed by atoms with Gasteiger partial charge < -0.3 is 18.3 Å². The van der Waals surface area contributed by atoms with Crippen LogP contribution in [-0.2, 0) is 0 Å². The van der Waals surface area contributed by atoms with Crippen molar-refractivity contribution in [3.05, 3.63) is 558 Å². The predicted octanol–water partition coefficient (Wildman–Crippen LogP) is 39.4. The molecule has 30 rings (SSSR count). The van der Waals surface area contributed by atoms with Crippen LogP contribution in [0.25, 0.3) is 286 Å². The molecule has 0 saturated carbocycles. The first-order valence-corrected chi connectivity index (χ1v) is 51.1. The molecule has 0 fully saturated rings. The molecule has 0 aliphatic heterocycles. The summed E-state index contributed by atoms with van der Waals surface area (Å²) in [6, 6.07) is 206. The standard InChI is InChI=1S/C74H48N2.C70H44N2/c1-5-17-49(18-6-1)51-29-37-59(38-30-51)75-69-27-15-13-25-61(69)65-45-57(35-43-71(65)75)55-33-41-63-67(47-55)73(53-21-9-3-10-22-53)64-42-34-56(48-68(64)74(63)54-23-11-4-12-24-54)58-36-44-72-66(46-58)62-26-14-16-28-70(62)76(72)60-39-31-52(32-40-60)50-19-7-2-8-20-50;1-3-17-47(18-4-1)69-59-35-29-52(54-32-38-68-62(42-54)58-24-12-14-26-66(58)72(68)56-34-28-46-16-8-10-22-50(46)40-56)44-64(59)70(48-19-5-2-6-20-48)60-36-30-51(43-63(60)69)53-31-37-67-61(41-53)57-23-11-13-25-65(57)71(67)55-33-27-45-15-7-9-21-49(45)39-55/h1-48H;1-44H. The number of hydrogen-bond donors (Lipinski definition) is 0. The molecule has 0 aliphatic carbocycles. The Bertz CT molecular complexity index is 9960. The van der Waals surface area contributed by atoms with E-state index in [0.717, 1.165) is 11.4 Å². The van der Waals surface area contributed by atoms with Gasteiger partial charge in [0.1, 0.15) is 0 Å². The maximum Gasteiger partial charge on any atom is 0.0541 e. The average Bonchev–Trinajstić information content (AvgIpc) is 0.731. The molecule has 0 amide bonds. The number of fused-ring (bicyclic) bond motifs is 18. The fraction of sp³-hybridized carbons (Fsp3) is 0. The van der Waals surface area contributed by atoms with E-state index in [1.165, 1.54) is 275 Å². The normalized spacial score (nSPS) is 11.8. The van der Waals surface area contributed by atoms with Gasteiger partial charge in [0, 0.05) is 65.8 Å². The molecule has 0 radical (unpaired) electrons. The minimum Gasteiger partial charge on any atom is -0.309 e. The van der Waals surface area contributed by atoms with Gasteiger partial charge in [-0.05, 0) is 321 Å². The minimum atomic E-state index is 1.15. The van der Waals surface area contributed by atoms with Gasteiger partial charge in [0.15, 0.2) is 0 Å². The lowest BCUT2D eigenvalue weighted by Gasteiger charge is -2.20. The van der Waals surface area contributed by atoms with Crippen molar-refractivity contribution >= 4 is 152 Å². The molecule has 0 saturated heterocycles. The first kappa shape index (κ1) is 85.3. The topological polar surface area (TPSA) is 19.7 Å². The first-order valence-electron chi connectivity index (χ1n) is 51.1. The molecule has 4 heteroatoms. The Labute approximate surface area is 856 Å². The van der Waals surface area contributed by atoms with Crippen molar-refractivity contribution in [2.24, 2.45) is 0 Å². The average molecular weight is 1880 g/mol. The van der Waals surface area contributed by atoms with E-state index in [-0.39, 0.29) is 0 Å². The second-order valence-electron chi connectivity index (χ2n) is 39.2. The van der Waals surface area contributed by atoms with E-state index < -0.39 is 0 Å². The molecule has 4 nitrogen and oxygen atoms in total. The van der Waals surface area contributed by atoms with Crippen LogP contribution in [0.3, 0.4) is 0 Å². The third kappa shape index (κ3) is 14.4. The highest BCUT2D eigenvalue weighted by Gasteiger charge is 2.26. The van der Waals surface area contributed by atoms with Crippen molar-refractivity contribution in [3.8, 4) is 134 Å². The SMILES string of the molecule is c1ccc(-c2c3ccc(-c4ccc5c(c4)c4ccccc4n5-c4ccc5ccccc5c4)cc3c(-c3ccccc3)c3ccc(-c4ccc5c(c4)c4ccccc4n5-c4ccc5ccccc5c4)cc23)cc1.c1ccc(-c2ccc(-n3c4ccccc4c4cc(-c5ccc6c(-c7ccccc7)c7cc(-c8ccc9c(c8)c8ccccc8n9-c8ccc(-c9ccccc9)cc8)ccc7c(-c7ccccc7)c6c5)ccc43)cc2)cc1. The molecular formula is C144H92N4. The van der Waals surface area contributed by atoms with Crippen molar-refractivity contribution in [1.82, 2.24) is 18.3 Å². The van der Waals surface area contributed by atoms with Gasteiger partial charge in [-0.25, -0.2) is 0 Å². The minimum absolute atomic E-state index is 1.15. The zero-order valence-corrected chi connectivity index (χ0v) is 80.9. The summed E-state index contributed by atoms with van der Waals surface area (Å²) in [5, 5.41) is 24.8. The number of nitrogens with zero attached hydrogens (tertiary/aromatic N) is 4. The Morgan fingerprint density at radius 3 is 0.534 bits per heavy atom. The number of benzene rings is 26. The van der Waals surface area contributed by atoms with Crippen molar-refractivity contribution in [1.29, 1.82) is 0 Å². The van der Waals surface area contributed by atoms with E-state index in [4.69, 9.17) is 0 Å². The molecule has 4 aromatic heterocycles. The lowest BCUT2D eigenvalue weighted by molar-refractivity contribution is 1.18. The predicted molar refractivity (Wildman–Crippen MR) is 630 cm³/mol. The number of para-hydroxylation sites is 4. The van der Waals surface area contributed by atoms with E-state index in [0.29, 0.717) is 0 Å². The van der Waals surface area contributed by atoms with Crippen molar-refractivity contribution in [2.45, 2.75) is 0 Å². The molecule has 0 N–H and O–H groups in total. The van der Waals surface area contributed by atoms with Crippen molar-refractivity contribution in [3.63, 3.8) is 0 Å². The maximum absolute atomic E-state index is 2.44. The molecule has 0 bridgehead atoms. The highest BCUT2D eigenvalue weighted by Crippen LogP contribution is 2.52. The summed E-state index contributed by atoms with van der Waals surface area (Å²) >= 11 is 0. The molecule has 0 aliphatic rings. The molecule has 30 aromatic rings. The third-order valence-corrected chi connectivity index (χ3v) is 31.0. The number of aromatic nitrogens is 4. The summed E-state index contributed by atoms with van der Waals surface area (Å²) in [5.41, 5.74) is 38.4. The van der Waals surface area contributed by atoms with Crippen LogP contribution in [0.2, 0.25) is 0 Å². The summed E-state index contributed by atoms with van der Waals surface area (Å²) in [7, 11) is 0. The van der Waals surface area contributed by atoms with E-state index in [1.807, 2.05) is 0 Å². The van der Waals surface area contributed by atoms with E-state index in [1.54, 1.807) is 0 Å². The second kappa shape index (κ2) is 35.3. The van der Waals surface area contributed by atoms with Gasteiger partial charge >= 0.3 is 0 Å². The Morgan fingerprint density at radius 2 is 0.270 bits per heavy atom. The first-order chi connectivity index (χ1) is 73.4. The fourth-order valence-electron chi connectivity index (χ4n) is 24.1. The quantitative estimate of drug-likeness (QED) is 0.0967. The molecule has 4 heterocycles. The molecule has 26 aromatic carbocycles. The van der Waals surface area contributed by atoms with Crippen LogP contribution in [0, 0.1) is 0 Å². The lowest BCUT2D eigenvalue weighted by atomic mass is 9.84. The van der Waals surface area contributed by atoms with Crippen molar-refractivity contribution < 1.29 is 0 Å². The molecule has 688 valence electrons. The van der Waals surface area contributed by atoms with Crippen LogP contribution >= 0.6 is 0 Å². The monoisotopic (exact) mass is 1880 g/mol. The van der Waals surface area contributed by atoms with Gasteiger partial charge in [-0.1, -0.05) is 413 Å². The van der Waals surface area contributed by atoms with Crippen LogP contribution in [-0.4, -0.2) is 18.3 Å². The Balaban J connectivity index is 0.000000140. The highest BCUT2D eigenvalue weighted by molar-refractivity contribution is 6.26. The van der Waals surface area contributed by atoms with Crippen LogP contribution in [0.5, 0.6) is 0 Å². The van der Waals surface area contributed by atoms with E-state index in [9.17, 15) is 0 Å². The lowest BCUT2D eigenvalue weighted by Crippen LogP contribution is -1.94. The largest absolute Gasteiger partial charge is 0.309 e. The Morgan fingerprint density at radius 1 is 0.0878 bits per heavy atom. The molecule has 0 unspecified atom stereocenters. The summed E-state index contributed by atoms with van der Waals surface area (Å²) < 4.78 is 9.66. The third-order valence-electron chi connectivity index (χ3n) is 31.0. The van der Waals surface area contributed by atoms with E-state index >= 15 is 0 Å². The van der Waals surface area contributed by atoms with Gasteiger partial charge in [-0.3, -0.25) is 0 Å². The number of rotatable bonds is 14. The van der Waals surface area contributed by atoms with Crippen LogP contribution in [0.1, 0.15) is 0 Å².